The van der Waals surface area contributed by atoms with E-state index in [1.165, 1.54) is 19.4 Å². The predicted molar refractivity (Wildman–Crippen MR) is 47.5 cm³/mol. The van der Waals surface area contributed by atoms with Gasteiger partial charge in [0, 0.05) is 5.39 Å². The lowest BCUT2D eigenvalue weighted by Crippen LogP contribution is -2.01. The first-order chi connectivity index (χ1) is 6.72. The Labute approximate surface area is 79.1 Å². The van der Waals surface area contributed by atoms with Crippen molar-refractivity contribution in [1.29, 1.82) is 0 Å². The van der Waals surface area contributed by atoms with Crippen LogP contribution in [-0.4, -0.2) is 13.1 Å². The maximum atomic E-state index is 13.3. The van der Waals surface area contributed by atoms with Crippen molar-refractivity contribution in [2.45, 2.75) is 0 Å². The monoisotopic (exact) mass is 194 g/mol. The van der Waals surface area contributed by atoms with Crippen molar-refractivity contribution in [3.63, 3.8) is 0 Å². The first-order valence-electron chi connectivity index (χ1n) is 3.97. The normalized spacial score (nSPS) is 10.4. The van der Waals surface area contributed by atoms with Gasteiger partial charge in [0.05, 0.1) is 18.9 Å². The Hall–Kier alpha value is -1.84. The highest BCUT2D eigenvalue weighted by Crippen LogP contribution is 2.21. The summed E-state index contributed by atoms with van der Waals surface area (Å²) in [5.74, 6) is -1.13. The van der Waals surface area contributed by atoms with Gasteiger partial charge in [-0.25, -0.2) is 9.18 Å². The van der Waals surface area contributed by atoms with Gasteiger partial charge < -0.3 is 9.15 Å². The summed E-state index contributed by atoms with van der Waals surface area (Å²) in [6.45, 7) is 0. The van der Waals surface area contributed by atoms with Crippen LogP contribution in [0.25, 0.3) is 11.0 Å². The van der Waals surface area contributed by atoms with Crippen molar-refractivity contribution >= 4 is 16.9 Å². The second-order valence-corrected chi connectivity index (χ2v) is 2.79. The van der Waals surface area contributed by atoms with E-state index in [1.807, 2.05) is 0 Å². The smallest absolute Gasteiger partial charge is 0.337 e. The number of hydrogen-bond acceptors (Lipinski definition) is 3. The van der Waals surface area contributed by atoms with Gasteiger partial charge in [0.15, 0.2) is 11.4 Å². The molecule has 0 atom stereocenters. The molecule has 0 saturated heterocycles. The van der Waals surface area contributed by atoms with Gasteiger partial charge in [0.1, 0.15) is 0 Å². The standard InChI is InChI=1S/C10H7FO3/c1-13-10(12)7-4-6-2-3-14-9(6)8(11)5-7/h2-5H,1H3. The van der Waals surface area contributed by atoms with Gasteiger partial charge in [0.2, 0.25) is 0 Å². The maximum absolute atomic E-state index is 13.3. The van der Waals surface area contributed by atoms with Crippen LogP contribution in [0.3, 0.4) is 0 Å². The number of carbonyl (C=O) groups excluding carboxylic acids is 1. The Bertz CT molecular complexity index is 487. The van der Waals surface area contributed by atoms with Crippen molar-refractivity contribution < 1.29 is 18.3 Å². The summed E-state index contributed by atoms with van der Waals surface area (Å²) in [6.07, 6.45) is 1.37. The first kappa shape index (κ1) is 8.74. The second-order valence-electron chi connectivity index (χ2n) is 2.79. The number of benzene rings is 1. The molecule has 3 nitrogen and oxygen atoms in total. The summed E-state index contributed by atoms with van der Waals surface area (Å²) < 4.78 is 22.6. The molecule has 0 fully saturated rings. The van der Waals surface area contributed by atoms with E-state index in [4.69, 9.17) is 4.42 Å². The molecular formula is C10H7FO3. The third-order valence-electron chi connectivity index (χ3n) is 1.93. The Morgan fingerprint density at radius 2 is 2.29 bits per heavy atom. The van der Waals surface area contributed by atoms with Crippen LogP contribution in [0, 0.1) is 5.82 Å². The van der Waals surface area contributed by atoms with E-state index < -0.39 is 11.8 Å². The number of carbonyl (C=O) groups is 1. The van der Waals surface area contributed by atoms with Crippen molar-refractivity contribution in [2.75, 3.05) is 7.11 Å². The number of hydrogen-bond donors (Lipinski definition) is 0. The Morgan fingerprint density at radius 3 is 3.00 bits per heavy atom. The van der Waals surface area contributed by atoms with Gasteiger partial charge in [-0.05, 0) is 18.2 Å². The van der Waals surface area contributed by atoms with Crippen molar-refractivity contribution in [2.24, 2.45) is 0 Å². The number of furan rings is 1. The topological polar surface area (TPSA) is 39.4 Å². The molecular weight excluding hydrogens is 187 g/mol. The van der Waals surface area contributed by atoms with Crippen molar-refractivity contribution in [1.82, 2.24) is 0 Å². The Kier molecular flexibility index (Phi) is 1.96. The number of fused-ring (bicyclic) bond motifs is 1. The van der Waals surface area contributed by atoms with E-state index in [9.17, 15) is 9.18 Å². The van der Waals surface area contributed by atoms with Crippen LogP contribution < -0.4 is 0 Å². The highest BCUT2D eigenvalue weighted by Gasteiger charge is 2.11. The molecule has 0 N–H and O–H groups in total. The van der Waals surface area contributed by atoms with Gasteiger partial charge in [-0.1, -0.05) is 0 Å². The third kappa shape index (κ3) is 1.25. The largest absolute Gasteiger partial charge is 0.465 e. The fraction of sp³-hybridized carbons (Fsp3) is 0.100. The molecule has 1 aromatic heterocycles. The number of rotatable bonds is 1. The quantitative estimate of drug-likeness (QED) is 0.654. The molecule has 0 aliphatic rings. The van der Waals surface area contributed by atoms with E-state index in [-0.39, 0.29) is 11.1 Å². The summed E-state index contributed by atoms with van der Waals surface area (Å²) in [5, 5.41) is 0.547. The van der Waals surface area contributed by atoms with Crippen LogP contribution in [0.2, 0.25) is 0 Å². The average molecular weight is 194 g/mol. The fourth-order valence-corrected chi connectivity index (χ4v) is 1.27. The molecule has 4 heteroatoms. The highest BCUT2D eigenvalue weighted by molar-refractivity contribution is 5.94. The van der Waals surface area contributed by atoms with Crippen molar-refractivity contribution in [3.05, 3.63) is 35.8 Å². The molecule has 2 rings (SSSR count). The molecule has 0 saturated carbocycles. The minimum atomic E-state index is -0.563. The number of esters is 1. The Balaban J connectivity index is 2.64. The molecule has 1 aromatic carbocycles. The van der Waals surface area contributed by atoms with Gasteiger partial charge in [-0.3, -0.25) is 0 Å². The summed E-state index contributed by atoms with van der Waals surface area (Å²) in [6, 6.07) is 4.20. The molecule has 0 amide bonds. The van der Waals surface area contributed by atoms with E-state index in [2.05, 4.69) is 4.74 Å². The van der Waals surface area contributed by atoms with Crippen LogP contribution in [0.1, 0.15) is 10.4 Å². The zero-order chi connectivity index (χ0) is 10.1. The zero-order valence-corrected chi connectivity index (χ0v) is 7.41. The number of methoxy groups -OCH3 is 1. The fourth-order valence-electron chi connectivity index (χ4n) is 1.27. The zero-order valence-electron chi connectivity index (χ0n) is 7.41. The van der Waals surface area contributed by atoms with E-state index in [1.54, 1.807) is 6.07 Å². The molecule has 2 aromatic rings. The molecule has 72 valence electrons. The van der Waals surface area contributed by atoms with Gasteiger partial charge in [-0.15, -0.1) is 0 Å². The molecule has 14 heavy (non-hydrogen) atoms. The molecule has 0 unspecified atom stereocenters. The van der Waals surface area contributed by atoms with Gasteiger partial charge in [-0.2, -0.15) is 0 Å². The predicted octanol–water partition coefficient (Wildman–Crippen LogP) is 2.36. The minimum absolute atomic E-state index is 0.151. The van der Waals surface area contributed by atoms with E-state index in [0.717, 1.165) is 6.07 Å². The van der Waals surface area contributed by atoms with Crippen LogP contribution in [0.4, 0.5) is 4.39 Å². The summed E-state index contributed by atoms with van der Waals surface area (Å²) >= 11 is 0. The third-order valence-corrected chi connectivity index (χ3v) is 1.93. The van der Waals surface area contributed by atoms with Crippen LogP contribution in [-0.2, 0) is 4.74 Å². The summed E-state index contributed by atoms with van der Waals surface area (Å²) in [5.41, 5.74) is 0.330. The maximum Gasteiger partial charge on any atom is 0.337 e. The van der Waals surface area contributed by atoms with Crippen LogP contribution in [0.5, 0.6) is 0 Å². The minimum Gasteiger partial charge on any atom is -0.465 e. The van der Waals surface area contributed by atoms with Gasteiger partial charge in [0.25, 0.3) is 0 Å². The lowest BCUT2D eigenvalue weighted by Gasteiger charge is -1.99. The molecule has 0 bridgehead atoms. The lowest BCUT2D eigenvalue weighted by molar-refractivity contribution is 0.0600. The molecule has 0 spiro atoms. The van der Waals surface area contributed by atoms with Crippen LogP contribution >= 0.6 is 0 Å². The average Bonchev–Trinajstić information content (AvgIpc) is 2.64. The molecule has 0 radical (unpaired) electrons. The SMILES string of the molecule is COC(=O)c1cc(F)c2occc2c1. The number of ether oxygens (including phenoxy) is 1. The summed E-state index contributed by atoms with van der Waals surface area (Å²) in [4.78, 5) is 11.1. The summed E-state index contributed by atoms with van der Waals surface area (Å²) in [7, 11) is 1.25. The second kappa shape index (κ2) is 3.14. The lowest BCUT2D eigenvalue weighted by atomic mass is 10.1. The Morgan fingerprint density at radius 1 is 1.50 bits per heavy atom. The highest BCUT2D eigenvalue weighted by atomic mass is 19.1. The van der Waals surface area contributed by atoms with E-state index >= 15 is 0 Å². The molecule has 1 heterocycles. The molecule has 0 aliphatic carbocycles. The van der Waals surface area contributed by atoms with Crippen molar-refractivity contribution in [3.8, 4) is 0 Å². The van der Waals surface area contributed by atoms with Crippen LogP contribution in [0.15, 0.2) is 28.9 Å². The first-order valence-corrected chi connectivity index (χ1v) is 3.97. The van der Waals surface area contributed by atoms with E-state index in [0.29, 0.717) is 5.39 Å². The number of halogens is 1. The molecule has 0 aliphatic heterocycles. The van der Waals surface area contributed by atoms with Gasteiger partial charge >= 0.3 is 5.97 Å².